The van der Waals surface area contributed by atoms with Crippen molar-refractivity contribution in [2.24, 2.45) is 7.05 Å². The predicted octanol–water partition coefficient (Wildman–Crippen LogP) is 15.4. The molecular formula is C63H48BN3. The van der Waals surface area contributed by atoms with Crippen LogP contribution in [-0.2, 0) is 7.05 Å². The van der Waals surface area contributed by atoms with E-state index in [0.29, 0.717) is 11.8 Å². The lowest BCUT2D eigenvalue weighted by Gasteiger charge is -2.44. The fraction of sp³-hybridized carbons (Fsp3) is 0.111. The van der Waals surface area contributed by atoms with Crippen molar-refractivity contribution in [1.82, 2.24) is 4.57 Å². The molecule has 0 saturated carbocycles. The molecule has 0 atom stereocenters. The van der Waals surface area contributed by atoms with Crippen LogP contribution in [-0.4, -0.2) is 11.3 Å². The maximum Gasteiger partial charge on any atom is 0.255 e. The van der Waals surface area contributed by atoms with Gasteiger partial charge < -0.3 is 9.47 Å². The highest BCUT2D eigenvalue weighted by molar-refractivity contribution is 7.01. The summed E-state index contributed by atoms with van der Waals surface area (Å²) in [5.74, 6) is 1.99. The van der Waals surface area contributed by atoms with Crippen molar-refractivity contribution in [3.05, 3.63) is 199 Å². The first-order valence-electron chi connectivity index (χ1n) is 24.0. The van der Waals surface area contributed by atoms with Crippen molar-refractivity contribution >= 4 is 133 Å². The summed E-state index contributed by atoms with van der Waals surface area (Å²) in [7, 11) is 2.29. The Kier molecular flexibility index (Phi) is 8.09. The minimum Gasteiger partial charge on any atom is -0.330 e. The average molecular weight is 858 g/mol. The molecule has 2 aliphatic rings. The second kappa shape index (κ2) is 14.1. The number of nitrogens with zero attached hydrogens (tertiary/aromatic N) is 3. The van der Waals surface area contributed by atoms with Gasteiger partial charge in [-0.3, -0.25) is 4.90 Å². The normalized spacial score (nSPS) is 13.3. The largest absolute Gasteiger partial charge is 0.330 e. The number of rotatable bonds is 4. The van der Waals surface area contributed by atoms with Crippen LogP contribution in [0.15, 0.2) is 188 Å². The Bertz CT molecular complexity index is 4020. The first-order valence-corrected chi connectivity index (χ1v) is 24.0. The lowest BCUT2D eigenvalue weighted by atomic mass is 9.33. The Balaban J connectivity index is 1.12. The van der Waals surface area contributed by atoms with Gasteiger partial charge >= 0.3 is 0 Å². The summed E-state index contributed by atoms with van der Waals surface area (Å²) < 4.78 is 2.49. The zero-order valence-electron chi connectivity index (χ0n) is 38.5. The highest BCUT2D eigenvalue weighted by atomic mass is 15.3. The second-order valence-electron chi connectivity index (χ2n) is 19.6. The molecule has 1 aromatic heterocycles. The van der Waals surface area contributed by atoms with E-state index in [4.69, 9.17) is 0 Å². The average Bonchev–Trinajstić information content (AvgIpc) is 3.66. The maximum absolute atomic E-state index is 2.64. The van der Waals surface area contributed by atoms with Crippen molar-refractivity contribution in [1.29, 1.82) is 0 Å². The van der Waals surface area contributed by atoms with Crippen LogP contribution in [0.5, 0.6) is 0 Å². The van der Waals surface area contributed by atoms with Crippen LogP contribution in [0, 0.1) is 0 Å². The lowest BCUT2D eigenvalue weighted by molar-refractivity contribution is 0.867. The molecule has 0 bridgehead atoms. The van der Waals surface area contributed by atoms with Gasteiger partial charge in [0.2, 0.25) is 0 Å². The number of benzene rings is 11. The second-order valence-corrected chi connectivity index (χ2v) is 19.6. The molecule has 0 radical (unpaired) electrons. The smallest absolute Gasteiger partial charge is 0.255 e. The lowest BCUT2D eigenvalue weighted by Crippen LogP contribution is -2.61. The minimum absolute atomic E-state index is 0.00806. The van der Waals surface area contributed by atoms with Gasteiger partial charge in [-0.25, -0.2) is 0 Å². The summed E-state index contributed by atoms with van der Waals surface area (Å²) in [6, 6.07) is 71.6. The topological polar surface area (TPSA) is 11.4 Å². The van der Waals surface area contributed by atoms with Crippen LogP contribution in [0.25, 0.3) is 75.5 Å². The minimum atomic E-state index is -0.00806. The summed E-state index contributed by atoms with van der Waals surface area (Å²) in [5.41, 5.74) is 14.1. The van der Waals surface area contributed by atoms with Crippen LogP contribution in [0.3, 0.4) is 0 Å². The van der Waals surface area contributed by atoms with Gasteiger partial charge in [-0.2, -0.15) is 0 Å². The number of hydrogen-bond donors (Lipinski definition) is 0. The highest BCUT2D eigenvalue weighted by Crippen LogP contribution is 2.50. The van der Waals surface area contributed by atoms with Crippen LogP contribution in [0.4, 0.5) is 34.3 Å². The Morgan fingerprint density at radius 1 is 0.358 bits per heavy atom. The number of aromatic nitrogens is 1. The number of aryl methyl sites for hydroxylation is 1. The fourth-order valence-corrected chi connectivity index (χ4v) is 12.4. The van der Waals surface area contributed by atoms with E-state index in [-0.39, 0.29) is 6.71 Å². The van der Waals surface area contributed by atoms with Crippen molar-refractivity contribution < 1.29 is 0 Å². The number of anilines is 6. The van der Waals surface area contributed by atoms with E-state index in [1.165, 1.54) is 137 Å². The van der Waals surface area contributed by atoms with Gasteiger partial charge in [0.05, 0.1) is 5.69 Å². The van der Waals surface area contributed by atoms with Gasteiger partial charge in [0.1, 0.15) is 5.82 Å². The first kappa shape index (κ1) is 38.5. The van der Waals surface area contributed by atoms with Crippen LogP contribution in [0.2, 0.25) is 0 Å². The molecular weight excluding hydrogens is 810 g/mol. The molecule has 14 rings (SSSR count). The molecule has 3 nitrogen and oxygen atoms in total. The molecule has 318 valence electrons. The van der Waals surface area contributed by atoms with Gasteiger partial charge in [-0.15, -0.1) is 0 Å². The molecule has 67 heavy (non-hydrogen) atoms. The summed E-state index contributed by atoms with van der Waals surface area (Å²) >= 11 is 0. The fourth-order valence-electron chi connectivity index (χ4n) is 12.4. The van der Waals surface area contributed by atoms with Crippen LogP contribution in [0.1, 0.15) is 50.7 Å². The highest BCUT2D eigenvalue weighted by Gasteiger charge is 2.46. The molecule has 12 aromatic rings. The van der Waals surface area contributed by atoms with Gasteiger partial charge in [0.25, 0.3) is 6.71 Å². The summed E-state index contributed by atoms with van der Waals surface area (Å²) in [6.45, 7) is 9.29. The third-order valence-electron chi connectivity index (χ3n) is 15.5. The Morgan fingerprint density at radius 3 is 1.45 bits per heavy atom. The molecule has 4 heteroatoms. The van der Waals surface area contributed by atoms with E-state index in [9.17, 15) is 0 Å². The van der Waals surface area contributed by atoms with Crippen LogP contribution >= 0.6 is 0 Å². The Hall–Kier alpha value is -7.82. The van der Waals surface area contributed by atoms with Gasteiger partial charge in [-0.1, -0.05) is 167 Å². The zero-order valence-corrected chi connectivity index (χ0v) is 38.5. The van der Waals surface area contributed by atoms with E-state index >= 15 is 0 Å². The molecule has 3 heterocycles. The van der Waals surface area contributed by atoms with E-state index < -0.39 is 0 Å². The molecule has 0 N–H and O–H groups in total. The van der Waals surface area contributed by atoms with Gasteiger partial charge in [0.15, 0.2) is 0 Å². The molecule has 0 spiro atoms. The Morgan fingerprint density at radius 2 is 0.836 bits per heavy atom. The van der Waals surface area contributed by atoms with Gasteiger partial charge in [0, 0.05) is 40.7 Å². The molecule has 0 fully saturated rings. The first-order chi connectivity index (χ1) is 32.9. The summed E-state index contributed by atoms with van der Waals surface area (Å²) in [5, 5.41) is 16.7. The number of fused-ring (bicyclic) bond motifs is 18. The molecule has 0 unspecified atom stereocenters. The van der Waals surface area contributed by atoms with E-state index in [1.807, 2.05) is 0 Å². The summed E-state index contributed by atoms with van der Waals surface area (Å²) in [4.78, 5) is 5.22. The monoisotopic (exact) mass is 857 g/mol. The quantitative estimate of drug-likeness (QED) is 0.129. The van der Waals surface area contributed by atoms with E-state index in [1.54, 1.807) is 0 Å². The third-order valence-corrected chi connectivity index (χ3v) is 15.5. The number of hydrogen-bond acceptors (Lipinski definition) is 2. The molecule has 0 amide bonds. The van der Waals surface area contributed by atoms with Crippen LogP contribution < -0.4 is 26.2 Å². The standard InChI is InChI=1S/C63H48BN3/c1-37(2)39-28-32-55-53(34-39)61-63(65(55)5)67(57-25-14-24-51-47-20-10-8-19-45(47)46-21-12-13-23-50(46)60(51)57)59-27-15-26-58-62(59)64(61)54-35-40(38(3)4)29-33-56(54)66(58)41-30-31-49-44-18-7-6-16-42(44)43-17-9-11-22-48(43)52(49)36-41/h6-38H,1-5H3. The summed E-state index contributed by atoms with van der Waals surface area (Å²) in [6.07, 6.45) is 0. The van der Waals surface area contributed by atoms with Gasteiger partial charge in [-0.05, 0) is 153 Å². The molecule has 2 aliphatic heterocycles. The third kappa shape index (κ3) is 5.24. The molecule has 11 aromatic carbocycles. The maximum atomic E-state index is 2.64. The van der Waals surface area contributed by atoms with Crippen molar-refractivity contribution in [3.63, 3.8) is 0 Å². The van der Waals surface area contributed by atoms with Crippen molar-refractivity contribution in [2.75, 3.05) is 9.80 Å². The predicted molar refractivity (Wildman–Crippen MR) is 290 cm³/mol. The Labute approximate surface area is 391 Å². The molecule has 0 saturated heterocycles. The van der Waals surface area contributed by atoms with Crippen molar-refractivity contribution in [3.8, 4) is 0 Å². The zero-order chi connectivity index (χ0) is 44.8. The van der Waals surface area contributed by atoms with E-state index in [0.717, 1.165) is 0 Å². The molecule has 0 aliphatic carbocycles. The van der Waals surface area contributed by atoms with Crippen molar-refractivity contribution in [2.45, 2.75) is 39.5 Å². The van der Waals surface area contributed by atoms with E-state index in [2.05, 4.69) is 237 Å². The SMILES string of the molecule is CC(C)c1ccc2c(c1)B1c3c(cccc3N(c3cccc4c5ccccc5c5ccccc5c34)c3c1c1cc(C(C)C)ccc1n3C)N2c1ccc2c3ccccc3c3ccccc3c2c1.